The topological polar surface area (TPSA) is 12.0 Å². The highest BCUT2D eigenvalue weighted by molar-refractivity contribution is 5.15. The van der Waals surface area contributed by atoms with Crippen molar-refractivity contribution < 1.29 is 0 Å². The molecule has 1 nitrogen and oxygen atoms in total. The van der Waals surface area contributed by atoms with Gasteiger partial charge in [0, 0.05) is 5.54 Å². The molecular formula is C15H23N. The lowest BCUT2D eigenvalue weighted by molar-refractivity contribution is 0.230. The van der Waals surface area contributed by atoms with Gasteiger partial charge < -0.3 is 5.32 Å². The minimum atomic E-state index is 0.425. The summed E-state index contributed by atoms with van der Waals surface area (Å²) in [6.45, 7) is 0. The Bertz CT molecular complexity index is 298. The molecule has 1 N–H and O–H groups in total. The van der Waals surface area contributed by atoms with Gasteiger partial charge in [-0.3, -0.25) is 0 Å². The number of benzene rings is 1. The predicted molar refractivity (Wildman–Crippen MR) is 69.6 cm³/mol. The van der Waals surface area contributed by atoms with E-state index < -0.39 is 0 Å². The Balaban J connectivity index is 1.92. The zero-order chi connectivity index (χ0) is 11.3. The van der Waals surface area contributed by atoms with Crippen molar-refractivity contribution in [2.24, 2.45) is 0 Å². The smallest absolute Gasteiger partial charge is 0.0181 e. The molecule has 1 saturated carbocycles. The molecule has 0 aromatic heterocycles. The van der Waals surface area contributed by atoms with Crippen LogP contribution in [0.3, 0.4) is 0 Å². The van der Waals surface area contributed by atoms with E-state index in [1.165, 1.54) is 50.5 Å². The van der Waals surface area contributed by atoms with E-state index in [0.29, 0.717) is 5.54 Å². The molecule has 1 fully saturated rings. The lowest BCUT2D eigenvalue weighted by atomic mass is 9.78. The first-order chi connectivity index (χ1) is 7.85. The van der Waals surface area contributed by atoms with Crippen molar-refractivity contribution in [2.75, 3.05) is 7.05 Å². The van der Waals surface area contributed by atoms with Crippen LogP contribution in [-0.4, -0.2) is 12.6 Å². The van der Waals surface area contributed by atoms with Crippen molar-refractivity contribution in [3.8, 4) is 0 Å². The molecule has 0 bridgehead atoms. The maximum atomic E-state index is 3.59. The highest BCUT2D eigenvalue weighted by atomic mass is 14.9. The van der Waals surface area contributed by atoms with Gasteiger partial charge in [-0.15, -0.1) is 0 Å². The molecule has 88 valence electrons. The summed E-state index contributed by atoms with van der Waals surface area (Å²) in [6, 6.07) is 10.9. The predicted octanol–water partition coefficient (Wildman–Crippen LogP) is 3.54. The highest BCUT2D eigenvalue weighted by Gasteiger charge is 2.29. The second-order valence-electron chi connectivity index (χ2n) is 5.08. The summed E-state index contributed by atoms with van der Waals surface area (Å²) in [5.74, 6) is 0. The Hall–Kier alpha value is -0.820. The Kier molecular flexibility index (Phi) is 4.00. The third-order valence-corrected chi connectivity index (χ3v) is 4.08. The number of hydrogen-bond acceptors (Lipinski definition) is 1. The molecule has 0 spiro atoms. The Labute approximate surface area is 99.3 Å². The van der Waals surface area contributed by atoms with Crippen molar-refractivity contribution >= 4 is 0 Å². The first kappa shape index (κ1) is 11.7. The molecule has 1 aromatic rings. The molecule has 0 amide bonds. The van der Waals surface area contributed by atoms with E-state index in [2.05, 4.69) is 42.7 Å². The highest BCUT2D eigenvalue weighted by Crippen LogP contribution is 2.31. The quantitative estimate of drug-likeness (QED) is 0.813. The molecule has 1 heteroatoms. The fourth-order valence-corrected chi connectivity index (χ4v) is 2.88. The van der Waals surface area contributed by atoms with Gasteiger partial charge in [0.15, 0.2) is 0 Å². The van der Waals surface area contributed by atoms with Gasteiger partial charge in [-0.25, -0.2) is 0 Å². The van der Waals surface area contributed by atoms with E-state index in [1.807, 2.05) is 0 Å². The van der Waals surface area contributed by atoms with E-state index in [4.69, 9.17) is 0 Å². The van der Waals surface area contributed by atoms with Crippen LogP contribution in [0.4, 0.5) is 0 Å². The average Bonchev–Trinajstić information content (AvgIpc) is 2.39. The van der Waals surface area contributed by atoms with E-state index in [-0.39, 0.29) is 0 Å². The molecule has 0 saturated heterocycles. The largest absolute Gasteiger partial charge is 0.314 e. The standard InChI is InChI=1S/C15H23N/c1-16-15(11-6-3-7-12-15)13-10-14-8-4-2-5-9-14/h2,4-5,8-9,16H,3,6-7,10-13H2,1H3. The van der Waals surface area contributed by atoms with Crippen molar-refractivity contribution in [3.05, 3.63) is 35.9 Å². The third-order valence-electron chi connectivity index (χ3n) is 4.08. The number of nitrogens with one attached hydrogen (secondary N) is 1. The van der Waals surface area contributed by atoms with Crippen molar-refractivity contribution in [1.82, 2.24) is 5.32 Å². The van der Waals surface area contributed by atoms with E-state index in [9.17, 15) is 0 Å². The van der Waals surface area contributed by atoms with Crippen molar-refractivity contribution in [3.63, 3.8) is 0 Å². The number of aryl methyl sites for hydroxylation is 1. The molecule has 16 heavy (non-hydrogen) atoms. The summed E-state index contributed by atoms with van der Waals surface area (Å²) >= 11 is 0. The zero-order valence-electron chi connectivity index (χ0n) is 10.3. The second-order valence-corrected chi connectivity index (χ2v) is 5.08. The number of hydrogen-bond donors (Lipinski definition) is 1. The summed E-state index contributed by atoms with van der Waals surface area (Å²) < 4.78 is 0. The SMILES string of the molecule is CNC1(CCc2ccccc2)CCCCC1. The molecule has 0 aliphatic heterocycles. The molecule has 0 radical (unpaired) electrons. The van der Waals surface area contributed by atoms with Gasteiger partial charge in [0.25, 0.3) is 0 Å². The first-order valence-corrected chi connectivity index (χ1v) is 6.57. The Morgan fingerprint density at radius 2 is 1.75 bits per heavy atom. The fraction of sp³-hybridized carbons (Fsp3) is 0.600. The van der Waals surface area contributed by atoms with E-state index >= 15 is 0 Å². The van der Waals surface area contributed by atoms with Gasteiger partial charge in [-0.1, -0.05) is 49.6 Å². The van der Waals surface area contributed by atoms with Gasteiger partial charge in [-0.05, 0) is 38.3 Å². The fourth-order valence-electron chi connectivity index (χ4n) is 2.88. The average molecular weight is 217 g/mol. The molecule has 1 aliphatic rings. The summed E-state index contributed by atoms with van der Waals surface area (Å²) in [4.78, 5) is 0. The summed E-state index contributed by atoms with van der Waals surface area (Å²) in [6.07, 6.45) is 9.43. The maximum absolute atomic E-state index is 3.59. The minimum absolute atomic E-state index is 0.425. The van der Waals surface area contributed by atoms with Crippen LogP contribution in [0.25, 0.3) is 0 Å². The molecule has 1 aromatic carbocycles. The maximum Gasteiger partial charge on any atom is 0.0181 e. The van der Waals surface area contributed by atoms with Crippen LogP contribution in [0.5, 0.6) is 0 Å². The monoisotopic (exact) mass is 217 g/mol. The second kappa shape index (κ2) is 5.49. The lowest BCUT2D eigenvalue weighted by Crippen LogP contribution is -2.44. The first-order valence-electron chi connectivity index (χ1n) is 6.57. The van der Waals surface area contributed by atoms with Crippen molar-refractivity contribution in [1.29, 1.82) is 0 Å². The van der Waals surface area contributed by atoms with Crippen LogP contribution in [0.1, 0.15) is 44.1 Å². The summed E-state index contributed by atoms with van der Waals surface area (Å²) in [7, 11) is 2.14. The molecule has 0 atom stereocenters. The van der Waals surface area contributed by atoms with Gasteiger partial charge in [-0.2, -0.15) is 0 Å². The van der Waals surface area contributed by atoms with Crippen LogP contribution in [-0.2, 0) is 6.42 Å². The molecular weight excluding hydrogens is 194 g/mol. The summed E-state index contributed by atoms with van der Waals surface area (Å²) in [5.41, 5.74) is 1.90. The van der Waals surface area contributed by atoms with Gasteiger partial charge in [0.05, 0.1) is 0 Å². The van der Waals surface area contributed by atoms with Gasteiger partial charge >= 0.3 is 0 Å². The molecule has 0 heterocycles. The van der Waals surface area contributed by atoms with Crippen LogP contribution in [0, 0.1) is 0 Å². The molecule has 1 aliphatic carbocycles. The number of rotatable bonds is 4. The minimum Gasteiger partial charge on any atom is -0.314 e. The zero-order valence-corrected chi connectivity index (χ0v) is 10.3. The van der Waals surface area contributed by atoms with E-state index in [0.717, 1.165) is 0 Å². The van der Waals surface area contributed by atoms with Crippen LogP contribution in [0.15, 0.2) is 30.3 Å². The van der Waals surface area contributed by atoms with E-state index in [1.54, 1.807) is 0 Å². The molecule has 2 rings (SSSR count). The van der Waals surface area contributed by atoms with Gasteiger partial charge in [0.1, 0.15) is 0 Å². The van der Waals surface area contributed by atoms with Crippen LogP contribution >= 0.6 is 0 Å². The third kappa shape index (κ3) is 2.85. The summed E-state index contributed by atoms with van der Waals surface area (Å²) in [5, 5.41) is 3.59. The van der Waals surface area contributed by atoms with Crippen LogP contribution < -0.4 is 5.32 Å². The Morgan fingerprint density at radius 3 is 2.38 bits per heavy atom. The van der Waals surface area contributed by atoms with Crippen molar-refractivity contribution in [2.45, 2.75) is 50.5 Å². The van der Waals surface area contributed by atoms with Gasteiger partial charge in [0.2, 0.25) is 0 Å². The normalized spacial score (nSPS) is 19.6. The molecule has 0 unspecified atom stereocenters. The van der Waals surface area contributed by atoms with Crippen LogP contribution in [0.2, 0.25) is 0 Å². The Morgan fingerprint density at radius 1 is 1.06 bits per heavy atom. The lowest BCUT2D eigenvalue weighted by Gasteiger charge is -2.37.